The van der Waals surface area contributed by atoms with Crippen LogP contribution in [0.3, 0.4) is 0 Å². The molecule has 0 aliphatic heterocycles. The second-order valence-corrected chi connectivity index (χ2v) is 6.53. The van der Waals surface area contributed by atoms with Gasteiger partial charge in [0.15, 0.2) is 5.96 Å². The van der Waals surface area contributed by atoms with Crippen LogP contribution in [-0.4, -0.2) is 76.5 Å². The number of rotatable bonds is 13. The van der Waals surface area contributed by atoms with E-state index in [4.69, 9.17) is 22.3 Å². The number of carboxylic acid groups (broad SMARTS) is 2. The monoisotopic (exact) mass is 431 g/mol. The number of carboxylic acids is 2. The van der Waals surface area contributed by atoms with Crippen LogP contribution in [0.25, 0.3) is 0 Å². The van der Waals surface area contributed by atoms with E-state index in [0.717, 1.165) is 0 Å². The molecule has 0 aromatic rings. The molecule has 0 heterocycles. The molecule has 3 amide bonds. The topological polar surface area (TPSA) is 252 Å². The summed E-state index contributed by atoms with van der Waals surface area (Å²) in [5.74, 6) is -5.29. The summed E-state index contributed by atoms with van der Waals surface area (Å²) >= 11 is 0. The number of nitrogens with zero attached hydrogens (tertiary/aromatic N) is 1. The van der Waals surface area contributed by atoms with Crippen LogP contribution in [0.2, 0.25) is 0 Å². The maximum atomic E-state index is 12.3. The van der Waals surface area contributed by atoms with Gasteiger partial charge in [-0.15, -0.1) is 0 Å². The van der Waals surface area contributed by atoms with Crippen molar-refractivity contribution in [1.82, 2.24) is 16.0 Å². The van der Waals surface area contributed by atoms with E-state index >= 15 is 0 Å². The SMILES string of the molecule is CC(N)C(=O)NC(CC(=O)O)C(=O)NC(C)C(=O)NC(CCCN=C(N)N)C(=O)O. The van der Waals surface area contributed by atoms with Crippen LogP contribution in [0.1, 0.15) is 33.1 Å². The Labute approximate surface area is 172 Å². The molecule has 0 aromatic carbocycles. The molecule has 0 rings (SSSR count). The first-order chi connectivity index (χ1) is 13.8. The molecular formula is C16H29N7O7. The fourth-order valence-electron chi connectivity index (χ4n) is 2.12. The molecule has 0 spiro atoms. The predicted molar refractivity (Wildman–Crippen MR) is 105 cm³/mol. The smallest absolute Gasteiger partial charge is 0.326 e. The number of guanidine groups is 1. The highest BCUT2D eigenvalue weighted by Gasteiger charge is 2.29. The third-order valence-corrected chi connectivity index (χ3v) is 3.74. The molecule has 0 radical (unpaired) electrons. The molecule has 4 unspecified atom stereocenters. The molecule has 0 saturated carbocycles. The number of carbonyl (C=O) groups excluding carboxylic acids is 3. The van der Waals surface area contributed by atoms with Gasteiger partial charge in [0, 0.05) is 6.54 Å². The van der Waals surface area contributed by atoms with Gasteiger partial charge in [-0.3, -0.25) is 24.2 Å². The summed E-state index contributed by atoms with van der Waals surface area (Å²) in [5.41, 5.74) is 15.7. The Morgan fingerprint density at radius 2 is 1.47 bits per heavy atom. The largest absolute Gasteiger partial charge is 0.481 e. The van der Waals surface area contributed by atoms with Crippen LogP contribution in [-0.2, 0) is 24.0 Å². The lowest BCUT2D eigenvalue weighted by atomic mass is 10.1. The molecule has 14 heteroatoms. The lowest BCUT2D eigenvalue weighted by Crippen LogP contribution is -2.56. The molecule has 4 atom stereocenters. The quantitative estimate of drug-likeness (QED) is 0.0808. The summed E-state index contributed by atoms with van der Waals surface area (Å²) in [4.78, 5) is 62.1. The zero-order valence-corrected chi connectivity index (χ0v) is 16.8. The number of carbonyl (C=O) groups is 5. The molecule has 30 heavy (non-hydrogen) atoms. The second-order valence-electron chi connectivity index (χ2n) is 6.53. The van der Waals surface area contributed by atoms with E-state index in [2.05, 4.69) is 20.9 Å². The average Bonchev–Trinajstić information content (AvgIpc) is 2.62. The van der Waals surface area contributed by atoms with E-state index in [-0.39, 0.29) is 25.3 Å². The van der Waals surface area contributed by atoms with Gasteiger partial charge in [-0.1, -0.05) is 0 Å². The first-order valence-electron chi connectivity index (χ1n) is 9.01. The zero-order valence-electron chi connectivity index (χ0n) is 16.8. The van der Waals surface area contributed by atoms with E-state index in [1.807, 2.05) is 0 Å². The first-order valence-corrected chi connectivity index (χ1v) is 9.01. The lowest BCUT2D eigenvalue weighted by molar-refractivity contribution is -0.143. The summed E-state index contributed by atoms with van der Waals surface area (Å²) < 4.78 is 0. The zero-order chi connectivity index (χ0) is 23.4. The molecule has 0 aliphatic carbocycles. The molecule has 0 aliphatic rings. The predicted octanol–water partition coefficient (Wildman–Crippen LogP) is -3.58. The van der Waals surface area contributed by atoms with Gasteiger partial charge in [0.1, 0.15) is 18.1 Å². The van der Waals surface area contributed by atoms with Gasteiger partial charge in [-0.05, 0) is 26.7 Å². The molecule has 0 fully saturated rings. The molecular weight excluding hydrogens is 402 g/mol. The van der Waals surface area contributed by atoms with E-state index in [1.54, 1.807) is 0 Å². The van der Waals surface area contributed by atoms with Crippen molar-refractivity contribution in [1.29, 1.82) is 0 Å². The fourth-order valence-corrected chi connectivity index (χ4v) is 2.12. The number of hydrogen-bond donors (Lipinski definition) is 8. The molecule has 11 N–H and O–H groups in total. The summed E-state index contributed by atoms with van der Waals surface area (Å²) in [5, 5.41) is 24.8. The normalized spacial score (nSPS) is 14.4. The lowest BCUT2D eigenvalue weighted by Gasteiger charge is -2.22. The maximum absolute atomic E-state index is 12.3. The van der Waals surface area contributed by atoms with Gasteiger partial charge >= 0.3 is 11.9 Å². The van der Waals surface area contributed by atoms with E-state index in [1.165, 1.54) is 13.8 Å². The Kier molecular flexibility index (Phi) is 11.5. The van der Waals surface area contributed by atoms with Crippen LogP contribution < -0.4 is 33.2 Å². The Morgan fingerprint density at radius 1 is 0.900 bits per heavy atom. The first kappa shape index (κ1) is 26.6. The van der Waals surface area contributed by atoms with Crippen LogP contribution in [0.15, 0.2) is 4.99 Å². The number of nitrogens with two attached hydrogens (primary N) is 3. The second kappa shape index (κ2) is 12.9. The van der Waals surface area contributed by atoms with Crippen molar-refractivity contribution in [2.45, 2.75) is 57.3 Å². The van der Waals surface area contributed by atoms with E-state index < -0.39 is 60.2 Å². The van der Waals surface area contributed by atoms with Gasteiger partial charge in [0.05, 0.1) is 12.5 Å². The highest BCUT2D eigenvalue weighted by Crippen LogP contribution is 2.01. The molecule has 0 bridgehead atoms. The van der Waals surface area contributed by atoms with Crippen LogP contribution in [0.4, 0.5) is 0 Å². The van der Waals surface area contributed by atoms with Crippen molar-refractivity contribution in [2.75, 3.05) is 6.54 Å². The van der Waals surface area contributed by atoms with Crippen molar-refractivity contribution in [3.63, 3.8) is 0 Å². The maximum Gasteiger partial charge on any atom is 0.326 e. The molecule has 14 nitrogen and oxygen atoms in total. The van der Waals surface area contributed by atoms with Crippen LogP contribution in [0.5, 0.6) is 0 Å². The summed E-state index contributed by atoms with van der Waals surface area (Å²) in [6.45, 7) is 2.79. The van der Waals surface area contributed by atoms with Gasteiger partial charge in [0.2, 0.25) is 17.7 Å². The van der Waals surface area contributed by atoms with E-state index in [0.29, 0.717) is 0 Å². The van der Waals surface area contributed by atoms with Crippen molar-refractivity contribution < 1.29 is 34.2 Å². The van der Waals surface area contributed by atoms with Crippen LogP contribution in [0, 0.1) is 0 Å². The Balaban J connectivity index is 4.92. The molecule has 0 aromatic heterocycles. The Morgan fingerprint density at radius 3 is 1.93 bits per heavy atom. The van der Waals surface area contributed by atoms with Gasteiger partial charge < -0.3 is 43.4 Å². The minimum Gasteiger partial charge on any atom is -0.481 e. The Hall–Kier alpha value is -3.42. The van der Waals surface area contributed by atoms with Crippen molar-refractivity contribution in [3.05, 3.63) is 0 Å². The van der Waals surface area contributed by atoms with Gasteiger partial charge in [-0.25, -0.2) is 4.79 Å². The molecule has 0 saturated heterocycles. The Bertz CT molecular complexity index is 677. The van der Waals surface area contributed by atoms with Gasteiger partial charge in [0.25, 0.3) is 0 Å². The van der Waals surface area contributed by atoms with Gasteiger partial charge in [-0.2, -0.15) is 0 Å². The van der Waals surface area contributed by atoms with E-state index in [9.17, 15) is 29.1 Å². The fraction of sp³-hybridized carbons (Fsp3) is 0.625. The summed E-state index contributed by atoms with van der Waals surface area (Å²) in [6, 6.07) is -4.91. The third kappa shape index (κ3) is 10.8. The number of amides is 3. The number of aliphatic imine (C=N–C) groups is 1. The third-order valence-electron chi connectivity index (χ3n) is 3.74. The number of hydrogen-bond acceptors (Lipinski definition) is 7. The molecule has 170 valence electrons. The average molecular weight is 431 g/mol. The van der Waals surface area contributed by atoms with Crippen molar-refractivity contribution in [3.8, 4) is 0 Å². The van der Waals surface area contributed by atoms with Crippen molar-refractivity contribution >= 4 is 35.6 Å². The minimum absolute atomic E-state index is 0.0323. The standard InChI is InChI=1S/C16H29N7O7/c1-7(17)12(26)23-10(6-11(24)25)14(28)21-8(2)13(27)22-9(15(29)30)4-3-5-20-16(18)19/h7-10H,3-6,17H2,1-2H3,(H,21,28)(H,22,27)(H,23,26)(H,24,25)(H,29,30)(H4,18,19,20). The number of aliphatic carboxylic acids is 2. The highest BCUT2D eigenvalue weighted by atomic mass is 16.4. The highest BCUT2D eigenvalue weighted by molar-refractivity contribution is 5.95. The van der Waals surface area contributed by atoms with Crippen molar-refractivity contribution in [2.24, 2.45) is 22.2 Å². The summed E-state index contributed by atoms with van der Waals surface area (Å²) in [6.07, 6.45) is -0.425. The minimum atomic E-state index is -1.47. The van der Waals surface area contributed by atoms with Crippen LogP contribution >= 0.6 is 0 Å². The number of nitrogens with one attached hydrogen (secondary N) is 3. The summed E-state index contributed by atoms with van der Waals surface area (Å²) in [7, 11) is 0.